The second-order valence-electron chi connectivity index (χ2n) is 11.0. The van der Waals surface area contributed by atoms with E-state index in [0.717, 1.165) is 24.3 Å². The highest BCUT2D eigenvalue weighted by atomic mass is 19.4. The number of carbonyl (C=O) groups is 4. The minimum Gasteiger partial charge on any atom is -0.466 e. The zero-order chi connectivity index (χ0) is 34.6. The van der Waals surface area contributed by atoms with E-state index < -0.39 is 47.4 Å². The smallest absolute Gasteiger partial charge is 0.416 e. The highest BCUT2D eigenvalue weighted by Crippen LogP contribution is 2.41. The van der Waals surface area contributed by atoms with Crippen LogP contribution < -0.4 is 15.5 Å². The number of alkyl halides is 3. The van der Waals surface area contributed by atoms with E-state index in [1.54, 1.807) is 42.1 Å². The maximum absolute atomic E-state index is 14.2. The number of fused-ring (bicyclic) bond motifs is 1. The molecule has 3 amide bonds. The number of nitrogens with one attached hydrogen (secondary N) is 2. The third kappa shape index (κ3) is 6.99. The van der Waals surface area contributed by atoms with Crippen molar-refractivity contribution < 1.29 is 37.1 Å². The van der Waals surface area contributed by atoms with Crippen molar-refractivity contribution in [3.05, 3.63) is 125 Å². The van der Waals surface area contributed by atoms with Crippen LogP contribution in [0.4, 0.5) is 19.0 Å². The number of likely N-dealkylation sites (N-methyl/N-ethyl adjacent to an activating group) is 1. The number of para-hydroxylation sites is 1. The molecule has 0 aliphatic carbocycles. The summed E-state index contributed by atoms with van der Waals surface area (Å²) in [6.07, 6.45) is -1.93. The van der Waals surface area contributed by atoms with Crippen LogP contribution >= 0.6 is 0 Å². The summed E-state index contributed by atoms with van der Waals surface area (Å²) in [6.45, 7) is 3.51. The van der Waals surface area contributed by atoms with E-state index in [2.05, 4.69) is 20.5 Å². The van der Waals surface area contributed by atoms with Gasteiger partial charge in [-0.15, -0.1) is 0 Å². The number of rotatable bonds is 9. The van der Waals surface area contributed by atoms with Gasteiger partial charge in [0.1, 0.15) is 11.9 Å². The maximum Gasteiger partial charge on any atom is 0.416 e. The molecule has 10 nitrogen and oxygen atoms in total. The van der Waals surface area contributed by atoms with Crippen molar-refractivity contribution in [2.45, 2.75) is 38.5 Å². The van der Waals surface area contributed by atoms with Crippen LogP contribution in [0.5, 0.6) is 0 Å². The molecule has 0 fully saturated rings. The summed E-state index contributed by atoms with van der Waals surface area (Å²) in [4.78, 5) is 53.4. The lowest BCUT2D eigenvalue weighted by Crippen LogP contribution is -2.55. The molecule has 2 N–H and O–H groups in total. The molecule has 2 atom stereocenters. The molecule has 3 aromatic carbocycles. The van der Waals surface area contributed by atoms with Gasteiger partial charge in [-0.1, -0.05) is 48.5 Å². The number of benzene rings is 3. The molecule has 0 radical (unpaired) electrons. The van der Waals surface area contributed by atoms with Gasteiger partial charge in [0, 0.05) is 41.8 Å². The normalized spacial score (nSPS) is 16.2. The van der Waals surface area contributed by atoms with Crippen LogP contribution in [-0.2, 0) is 31.8 Å². The van der Waals surface area contributed by atoms with Crippen molar-refractivity contribution in [2.24, 2.45) is 0 Å². The zero-order valence-corrected chi connectivity index (χ0v) is 26.2. The Balaban J connectivity index is 1.55. The Labute approximate surface area is 274 Å². The molecule has 48 heavy (non-hydrogen) atoms. The number of esters is 1. The fourth-order valence-corrected chi connectivity index (χ4v) is 5.63. The highest BCUT2D eigenvalue weighted by Gasteiger charge is 2.44. The molecule has 1 aliphatic rings. The van der Waals surface area contributed by atoms with Crippen LogP contribution in [0.1, 0.15) is 52.4 Å². The largest absolute Gasteiger partial charge is 0.466 e. The van der Waals surface area contributed by atoms with Crippen LogP contribution in [0.25, 0.3) is 5.69 Å². The SMILES string of the molecule is CCN1C(=O)[C@H](NC(=O)c2cccc(C(F)(F)F)c2)[C@@H](c2cccc(CNC(=O)/C=C(\C)C(=O)OC)c2)c2cnn(-c3ccccc3)c21. The lowest BCUT2D eigenvalue weighted by atomic mass is 9.81. The first-order chi connectivity index (χ1) is 22.9. The van der Waals surface area contributed by atoms with E-state index in [9.17, 15) is 32.3 Å². The van der Waals surface area contributed by atoms with Crippen molar-refractivity contribution in [3.63, 3.8) is 0 Å². The number of ether oxygens (including phenoxy) is 1. The first-order valence-electron chi connectivity index (χ1n) is 15.0. The Morgan fingerprint density at radius 3 is 2.42 bits per heavy atom. The number of methoxy groups -OCH3 is 1. The monoisotopic (exact) mass is 659 g/mol. The Bertz CT molecular complexity index is 1890. The van der Waals surface area contributed by atoms with Gasteiger partial charge >= 0.3 is 12.1 Å². The van der Waals surface area contributed by atoms with Crippen molar-refractivity contribution in [3.8, 4) is 5.69 Å². The first kappa shape index (κ1) is 33.6. The standard InChI is InChI=1S/C35H32F3N5O5/c1-4-42-32-27(20-40-43(32)26-14-6-5-7-15-26)29(23-11-8-10-22(17-23)19-39-28(44)16-21(2)34(47)48-3)30(33(42)46)41-31(45)24-12-9-13-25(18-24)35(36,37)38/h5-18,20,29-30H,4,19H2,1-3H3,(H,39,44)(H,41,45)/b21-16+/t29-,30+/m0/s1. The number of aromatic nitrogens is 2. The van der Waals surface area contributed by atoms with Crippen molar-refractivity contribution in [1.29, 1.82) is 0 Å². The summed E-state index contributed by atoms with van der Waals surface area (Å²) in [6, 6.07) is 19.0. The summed E-state index contributed by atoms with van der Waals surface area (Å²) in [7, 11) is 1.21. The number of nitrogens with zero attached hydrogens (tertiary/aromatic N) is 3. The van der Waals surface area contributed by atoms with Gasteiger partial charge in [-0.3, -0.25) is 19.3 Å². The molecule has 0 saturated carbocycles. The van der Waals surface area contributed by atoms with Gasteiger partial charge in [-0.2, -0.15) is 18.3 Å². The lowest BCUT2D eigenvalue weighted by molar-refractivity contribution is -0.138. The molecule has 248 valence electrons. The summed E-state index contributed by atoms with van der Waals surface area (Å²) in [5.74, 6) is -2.80. The number of hydrogen-bond donors (Lipinski definition) is 2. The number of carbonyl (C=O) groups excluding carboxylic acids is 4. The summed E-state index contributed by atoms with van der Waals surface area (Å²) in [5.41, 5.74) is 1.42. The molecule has 1 aliphatic heterocycles. The predicted molar refractivity (Wildman–Crippen MR) is 170 cm³/mol. The number of amides is 3. The second kappa shape index (κ2) is 14.0. The molecule has 0 spiro atoms. The van der Waals surface area contributed by atoms with Crippen LogP contribution in [0.3, 0.4) is 0 Å². The topological polar surface area (TPSA) is 123 Å². The number of hydrogen-bond acceptors (Lipinski definition) is 6. The van der Waals surface area contributed by atoms with Crippen LogP contribution in [0.2, 0.25) is 0 Å². The van der Waals surface area contributed by atoms with Crippen molar-refractivity contribution in [2.75, 3.05) is 18.6 Å². The van der Waals surface area contributed by atoms with E-state index in [-0.39, 0.29) is 24.2 Å². The Morgan fingerprint density at radius 2 is 1.73 bits per heavy atom. The van der Waals surface area contributed by atoms with Crippen molar-refractivity contribution >= 4 is 29.5 Å². The first-order valence-corrected chi connectivity index (χ1v) is 15.0. The number of halogens is 3. The van der Waals surface area contributed by atoms with Crippen LogP contribution in [0.15, 0.2) is 96.7 Å². The molecule has 5 rings (SSSR count). The molecule has 0 bridgehead atoms. The average molecular weight is 660 g/mol. The second-order valence-corrected chi connectivity index (χ2v) is 11.0. The molecule has 13 heteroatoms. The van der Waals surface area contributed by atoms with Gasteiger partial charge in [-0.05, 0) is 55.3 Å². The third-order valence-electron chi connectivity index (χ3n) is 7.91. The third-order valence-corrected chi connectivity index (χ3v) is 7.91. The molecular formula is C35H32F3N5O5. The molecule has 4 aromatic rings. The summed E-state index contributed by atoms with van der Waals surface area (Å²) in [5, 5.41) is 10.0. The highest BCUT2D eigenvalue weighted by molar-refractivity contribution is 6.05. The van der Waals surface area contributed by atoms with Gasteiger partial charge in [-0.25, -0.2) is 9.48 Å². The fourth-order valence-electron chi connectivity index (χ4n) is 5.63. The predicted octanol–water partition coefficient (Wildman–Crippen LogP) is 4.92. The van der Waals surface area contributed by atoms with E-state index in [4.69, 9.17) is 0 Å². The van der Waals surface area contributed by atoms with Crippen LogP contribution in [-0.4, -0.2) is 53.2 Å². The number of anilines is 1. The Morgan fingerprint density at radius 1 is 1.00 bits per heavy atom. The van der Waals surface area contributed by atoms with E-state index >= 15 is 0 Å². The maximum atomic E-state index is 14.2. The van der Waals surface area contributed by atoms with Gasteiger partial charge in [0.2, 0.25) is 5.91 Å². The molecule has 1 aromatic heterocycles. The van der Waals surface area contributed by atoms with Gasteiger partial charge < -0.3 is 15.4 Å². The van der Waals surface area contributed by atoms with Crippen LogP contribution in [0, 0.1) is 0 Å². The Kier molecular flexibility index (Phi) is 9.78. The van der Waals surface area contributed by atoms with E-state index in [1.807, 2.05) is 30.3 Å². The molecule has 0 unspecified atom stereocenters. The minimum atomic E-state index is -4.66. The van der Waals surface area contributed by atoms with Gasteiger partial charge in [0.15, 0.2) is 0 Å². The molecule has 0 saturated heterocycles. The summed E-state index contributed by atoms with van der Waals surface area (Å²) >= 11 is 0. The van der Waals surface area contributed by atoms with Crippen molar-refractivity contribution in [1.82, 2.24) is 20.4 Å². The zero-order valence-electron chi connectivity index (χ0n) is 26.2. The quantitative estimate of drug-likeness (QED) is 0.194. The van der Waals surface area contributed by atoms with Gasteiger partial charge in [0.05, 0.1) is 24.6 Å². The van der Waals surface area contributed by atoms with E-state index in [0.29, 0.717) is 28.2 Å². The van der Waals surface area contributed by atoms with Gasteiger partial charge in [0.25, 0.3) is 11.8 Å². The lowest BCUT2D eigenvalue weighted by Gasteiger charge is -2.38. The fraction of sp³-hybridized carbons (Fsp3) is 0.229. The minimum absolute atomic E-state index is 0.0662. The average Bonchev–Trinajstić information content (AvgIpc) is 3.51. The Hall–Kier alpha value is -5.72. The molecule has 2 heterocycles. The van der Waals surface area contributed by atoms with E-state index in [1.165, 1.54) is 25.0 Å². The molecular weight excluding hydrogens is 627 g/mol. The summed E-state index contributed by atoms with van der Waals surface area (Å²) < 4.78 is 46.6.